The molecule has 1 aromatic rings. The van der Waals surface area contributed by atoms with E-state index in [0.717, 1.165) is 25.7 Å². The van der Waals surface area contributed by atoms with Crippen molar-refractivity contribution >= 4 is 11.9 Å². The molecule has 0 saturated carbocycles. The number of aliphatic carboxylic acids is 1. The molecule has 3 atom stereocenters. The second-order valence-corrected chi connectivity index (χ2v) is 8.57. The number of carboxylic acid groups (broad SMARTS) is 1. The summed E-state index contributed by atoms with van der Waals surface area (Å²) in [4.78, 5) is 22.9. The summed E-state index contributed by atoms with van der Waals surface area (Å²) in [6.45, 7) is 14.0. The van der Waals surface area contributed by atoms with Gasteiger partial charge in [-0.25, -0.2) is 0 Å². The Morgan fingerprint density at radius 2 is 1.73 bits per heavy atom. The number of allylic oxidation sites excluding steroid dienone is 1. The lowest BCUT2D eigenvalue weighted by Crippen LogP contribution is -2.32. The number of ether oxygens (including phenoxy) is 1. The van der Waals surface area contributed by atoms with Crippen LogP contribution in [0.4, 0.5) is 0 Å². The van der Waals surface area contributed by atoms with Crippen LogP contribution in [0.1, 0.15) is 91.0 Å². The van der Waals surface area contributed by atoms with Gasteiger partial charge in [0.25, 0.3) is 0 Å². The summed E-state index contributed by atoms with van der Waals surface area (Å²) in [5.41, 5.74) is 1.73. The molecule has 0 radical (unpaired) electrons. The van der Waals surface area contributed by atoms with Crippen molar-refractivity contribution in [3.8, 4) is 0 Å². The fraction of sp³-hybridized carbons (Fsp3) is 0.615. The highest BCUT2D eigenvalue weighted by atomic mass is 16.5. The third-order valence-corrected chi connectivity index (χ3v) is 5.72. The van der Waals surface area contributed by atoms with Gasteiger partial charge in [-0.05, 0) is 56.9 Å². The van der Waals surface area contributed by atoms with Crippen LogP contribution in [0.15, 0.2) is 42.5 Å². The molecule has 4 nitrogen and oxygen atoms in total. The maximum absolute atomic E-state index is 11.5. The van der Waals surface area contributed by atoms with Gasteiger partial charge in [0.2, 0.25) is 0 Å². The molecule has 170 valence electrons. The first-order valence-corrected chi connectivity index (χ1v) is 11.1. The second-order valence-electron chi connectivity index (χ2n) is 8.57. The number of carbonyl (C=O) groups is 2. The molecular formula is C26H42O4. The lowest BCUT2D eigenvalue weighted by Gasteiger charge is -2.27. The number of hydrogen-bond donors (Lipinski definition) is 1. The first kappa shape index (κ1) is 27.9. The molecule has 0 aromatic heterocycles. The van der Waals surface area contributed by atoms with E-state index in [-0.39, 0.29) is 5.97 Å². The van der Waals surface area contributed by atoms with E-state index in [1.165, 1.54) is 24.7 Å². The molecule has 0 bridgehead atoms. The first-order valence-electron chi connectivity index (χ1n) is 11.1. The Labute approximate surface area is 183 Å². The van der Waals surface area contributed by atoms with Crippen LogP contribution in [-0.2, 0) is 14.3 Å². The van der Waals surface area contributed by atoms with Crippen LogP contribution in [0, 0.1) is 11.3 Å². The van der Waals surface area contributed by atoms with E-state index in [2.05, 4.69) is 62.4 Å². The minimum atomic E-state index is -0.889. The van der Waals surface area contributed by atoms with E-state index in [0.29, 0.717) is 18.8 Å². The van der Waals surface area contributed by atoms with Crippen molar-refractivity contribution in [1.82, 2.24) is 0 Å². The quantitative estimate of drug-likeness (QED) is 0.293. The standard InChI is InChI=1S/C16H28O4.C10H14/c1-6-8-12(2)9-7-10-16(4,15(18)19)11-13(3)14(17)20-5;1-3-9(2)10-7-5-4-6-8-10/h13H,2,6-11H2,1,3-5H3,(H,18,19);4-9H,3H2,1-2H3. The highest BCUT2D eigenvalue weighted by molar-refractivity contribution is 5.77. The summed E-state index contributed by atoms with van der Waals surface area (Å²) in [5, 5.41) is 9.43. The molecule has 0 spiro atoms. The SMILES string of the molecule is C=C(CCC)CCCC(C)(CC(C)C(=O)OC)C(=O)O.CCC(C)c1ccccc1. The van der Waals surface area contributed by atoms with Crippen LogP contribution in [0.3, 0.4) is 0 Å². The van der Waals surface area contributed by atoms with E-state index in [1.54, 1.807) is 13.8 Å². The van der Waals surface area contributed by atoms with Gasteiger partial charge in [-0.3, -0.25) is 9.59 Å². The third-order valence-electron chi connectivity index (χ3n) is 5.72. The van der Waals surface area contributed by atoms with Crippen LogP contribution < -0.4 is 0 Å². The van der Waals surface area contributed by atoms with Crippen molar-refractivity contribution in [2.24, 2.45) is 11.3 Å². The number of benzene rings is 1. The lowest BCUT2D eigenvalue weighted by atomic mass is 9.77. The monoisotopic (exact) mass is 418 g/mol. The molecule has 1 aromatic carbocycles. The van der Waals surface area contributed by atoms with Gasteiger partial charge in [-0.15, -0.1) is 0 Å². The number of methoxy groups -OCH3 is 1. The van der Waals surface area contributed by atoms with E-state index >= 15 is 0 Å². The van der Waals surface area contributed by atoms with E-state index in [1.807, 2.05) is 0 Å². The summed E-state index contributed by atoms with van der Waals surface area (Å²) in [7, 11) is 1.33. The van der Waals surface area contributed by atoms with E-state index in [9.17, 15) is 14.7 Å². The number of esters is 1. The lowest BCUT2D eigenvalue weighted by molar-refractivity contribution is -0.152. The molecular weight excluding hydrogens is 376 g/mol. The zero-order valence-electron chi connectivity index (χ0n) is 19.9. The summed E-state index contributed by atoms with van der Waals surface area (Å²) < 4.78 is 4.67. The van der Waals surface area contributed by atoms with Gasteiger partial charge in [0.05, 0.1) is 18.4 Å². The van der Waals surface area contributed by atoms with Crippen LogP contribution in [-0.4, -0.2) is 24.2 Å². The Balaban J connectivity index is 0.000000696. The van der Waals surface area contributed by atoms with Gasteiger partial charge in [-0.1, -0.05) is 76.6 Å². The average molecular weight is 419 g/mol. The molecule has 30 heavy (non-hydrogen) atoms. The molecule has 0 aliphatic rings. The molecule has 0 aliphatic heterocycles. The maximum atomic E-state index is 11.5. The van der Waals surface area contributed by atoms with Crippen molar-refractivity contribution in [2.75, 3.05) is 7.11 Å². The fourth-order valence-corrected chi connectivity index (χ4v) is 3.48. The Hall–Kier alpha value is -2.10. The number of rotatable bonds is 12. The van der Waals surface area contributed by atoms with Gasteiger partial charge in [0.1, 0.15) is 0 Å². The Kier molecular flexibility index (Phi) is 13.8. The summed E-state index contributed by atoms with van der Waals surface area (Å²) in [5.74, 6) is -0.900. The summed E-state index contributed by atoms with van der Waals surface area (Å²) in [6.07, 6.45) is 5.77. The van der Waals surface area contributed by atoms with E-state index in [4.69, 9.17) is 0 Å². The van der Waals surface area contributed by atoms with Gasteiger partial charge < -0.3 is 9.84 Å². The molecule has 0 amide bonds. The minimum Gasteiger partial charge on any atom is -0.481 e. The topological polar surface area (TPSA) is 63.6 Å². The number of carbonyl (C=O) groups excluding carboxylic acids is 1. The van der Waals surface area contributed by atoms with Gasteiger partial charge >= 0.3 is 11.9 Å². The molecule has 3 unspecified atom stereocenters. The van der Waals surface area contributed by atoms with Crippen LogP contribution >= 0.6 is 0 Å². The minimum absolute atomic E-state index is 0.301. The van der Waals surface area contributed by atoms with Crippen LogP contribution in [0.2, 0.25) is 0 Å². The van der Waals surface area contributed by atoms with E-state index < -0.39 is 17.3 Å². The predicted molar refractivity (Wildman–Crippen MR) is 125 cm³/mol. The van der Waals surface area contributed by atoms with Gasteiger partial charge in [0.15, 0.2) is 0 Å². The third kappa shape index (κ3) is 10.6. The molecule has 1 N–H and O–H groups in total. The van der Waals surface area contributed by atoms with Crippen molar-refractivity contribution < 1.29 is 19.4 Å². The predicted octanol–water partition coefficient (Wildman–Crippen LogP) is 7.00. The normalized spacial score (nSPS) is 14.5. The smallest absolute Gasteiger partial charge is 0.309 e. The molecule has 0 heterocycles. The zero-order valence-corrected chi connectivity index (χ0v) is 19.9. The highest BCUT2D eigenvalue weighted by Crippen LogP contribution is 2.33. The summed E-state index contributed by atoms with van der Waals surface area (Å²) >= 11 is 0. The number of carboxylic acids is 1. The molecule has 0 saturated heterocycles. The Morgan fingerprint density at radius 1 is 1.13 bits per heavy atom. The number of hydrogen-bond acceptors (Lipinski definition) is 3. The largest absolute Gasteiger partial charge is 0.481 e. The average Bonchev–Trinajstić information content (AvgIpc) is 2.73. The zero-order chi connectivity index (χ0) is 23.2. The maximum Gasteiger partial charge on any atom is 0.309 e. The molecule has 0 fully saturated rings. The van der Waals surface area contributed by atoms with Crippen molar-refractivity contribution in [3.05, 3.63) is 48.0 Å². The Morgan fingerprint density at radius 3 is 2.20 bits per heavy atom. The second kappa shape index (κ2) is 14.8. The van der Waals surface area contributed by atoms with Crippen LogP contribution in [0.5, 0.6) is 0 Å². The van der Waals surface area contributed by atoms with Crippen molar-refractivity contribution in [2.45, 2.75) is 85.5 Å². The van der Waals surface area contributed by atoms with Crippen LogP contribution in [0.25, 0.3) is 0 Å². The van der Waals surface area contributed by atoms with Crippen molar-refractivity contribution in [1.29, 1.82) is 0 Å². The molecule has 0 aliphatic carbocycles. The van der Waals surface area contributed by atoms with Gasteiger partial charge in [-0.2, -0.15) is 0 Å². The fourth-order valence-electron chi connectivity index (χ4n) is 3.48. The van der Waals surface area contributed by atoms with Crippen molar-refractivity contribution in [3.63, 3.8) is 0 Å². The Bertz CT molecular complexity index is 638. The molecule has 4 heteroatoms. The summed E-state index contributed by atoms with van der Waals surface area (Å²) in [6, 6.07) is 10.6. The highest BCUT2D eigenvalue weighted by Gasteiger charge is 2.36. The van der Waals surface area contributed by atoms with Gasteiger partial charge in [0, 0.05) is 0 Å². The first-order chi connectivity index (χ1) is 14.1. The molecule has 1 rings (SSSR count).